The topological polar surface area (TPSA) is 85.8 Å². The third-order valence-corrected chi connectivity index (χ3v) is 4.13. The minimum Gasteiger partial charge on any atom is -0.330 e. The van der Waals surface area contributed by atoms with Crippen LogP contribution in [0.1, 0.15) is 19.3 Å². The highest BCUT2D eigenvalue weighted by Gasteiger charge is 2.31. The third-order valence-electron chi connectivity index (χ3n) is 4.13. The maximum atomic E-state index is 12.4. The monoisotopic (exact) mass is 285 g/mol. The van der Waals surface area contributed by atoms with E-state index in [2.05, 4.69) is 15.5 Å². The van der Waals surface area contributed by atoms with Gasteiger partial charge in [0.15, 0.2) is 0 Å². The molecule has 2 aromatic rings. The molecule has 6 nitrogen and oxygen atoms in total. The van der Waals surface area contributed by atoms with Crippen molar-refractivity contribution in [2.75, 3.05) is 11.9 Å². The van der Waals surface area contributed by atoms with Crippen molar-refractivity contribution in [1.29, 1.82) is 0 Å². The zero-order valence-electron chi connectivity index (χ0n) is 11.8. The lowest BCUT2D eigenvalue weighted by Crippen LogP contribution is -2.29. The van der Waals surface area contributed by atoms with Gasteiger partial charge in [-0.25, -0.2) is 0 Å². The van der Waals surface area contributed by atoms with Crippen LogP contribution in [0.15, 0.2) is 36.9 Å². The Morgan fingerprint density at radius 3 is 2.90 bits per heavy atom. The summed E-state index contributed by atoms with van der Waals surface area (Å²) >= 11 is 0. The van der Waals surface area contributed by atoms with Crippen molar-refractivity contribution < 1.29 is 4.79 Å². The zero-order chi connectivity index (χ0) is 14.7. The number of anilines is 1. The van der Waals surface area contributed by atoms with Crippen molar-refractivity contribution in [1.82, 2.24) is 14.8 Å². The van der Waals surface area contributed by atoms with Crippen LogP contribution < -0.4 is 11.1 Å². The first-order chi connectivity index (χ1) is 10.3. The molecule has 0 spiro atoms. The van der Waals surface area contributed by atoms with Gasteiger partial charge in [0.25, 0.3) is 0 Å². The van der Waals surface area contributed by atoms with Crippen LogP contribution in [0.5, 0.6) is 0 Å². The van der Waals surface area contributed by atoms with Crippen molar-refractivity contribution in [2.45, 2.75) is 19.3 Å². The molecule has 1 aromatic heterocycles. The number of aromatic nitrogens is 3. The summed E-state index contributed by atoms with van der Waals surface area (Å²) in [7, 11) is 0. The SMILES string of the molecule is NCC1CCCC1C(=O)Nc1cccc(-n2cnnc2)c1. The number of benzene rings is 1. The molecule has 21 heavy (non-hydrogen) atoms. The summed E-state index contributed by atoms with van der Waals surface area (Å²) in [6, 6.07) is 7.64. The standard InChI is InChI=1S/C15H19N5O/c16-8-11-3-1-6-14(11)15(21)19-12-4-2-5-13(7-12)20-9-17-18-10-20/h2,4-5,7,9-11,14H,1,3,6,8,16H2,(H,19,21). The van der Waals surface area contributed by atoms with Gasteiger partial charge in [0.1, 0.15) is 12.7 Å². The summed E-state index contributed by atoms with van der Waals surface area (Å²) in [4.78, 5) is 12.4. The average Bonchev–Trinajstić information content (AvgIpc) is 3.18. The molecule has 1 amide bonds. The van der Waals surface area contributed by atoms with Crippen LogP contribution in [0, 0.1) is 11.8 Å². The predicted molar refractivity (Wildman–Crippen MR) is 79.9 cm³/mol. The van der Waals surface area contributed by atoms with Gasteiger partial charge in [0.2, 0.25) is 5.91 Å². The van der Waals surface area contributed by atoms with Crippen molar-refractivity contribution in [3.05, 3.63) is 36.9 Å². The summed E-state index contributed by atoms with van der Waals surface area (Å²) < 4.78 is 1.80. The van der Waals surface area contributed by atoms with Crippen molar-refractivity contribution in [3.8, 4) is 5.69 Å². The van der Waals surface area contributed by atoms with Gasteiger partial charge in [0, 0.05) is 11.6 Å². The molecular formula is C15H19N5O. The van der Waals surface area contributed by atoms with E-state index in [0.717, 1.165) is 30.6 Å². The highest BCUT2D eigenvalue weighted by Crippen LogP contribution is 2.32. The molecule has 1 fully saturated rings. The second-order valence-electron chi connectivity index (χ2n) is 5.44. The van der Waals surface area contributed by atoms with Crippen molar-refractivity contribution in [2.24, 2.45) is 17.6 Å². The molecule has 0 aliphatic heterocycles. The number of rotatable bonds is 4. The molecule has 3 rings (SSSR count). The van der Waals surface area contributed by atoms with E-state index in [1.165, 1.54) is 0 Å². The third kappa shape index (κ3) is 2.95. The summed E-state index contributed by atoms with van der Waals surface area (Å²) in [6.45, 7) is 0.582. The number of carbonyl (C=O) groups excluding carboxylic acids is 1. The van der Waals surface area contributed by atoms with Crippen LogP contribution in [-0.4, -0.2) is 27.2 Å². The Morgan fingerprint density at radius 1 is 1.33 bits per heavy atom. The Balaban J connectivity index is 1.73. The fraction of sp³-hybridized carbons (Fsp3) is 0.400. The van der Waals surface area contributed by atoms with Gasteiger partial charge in [-0.05, 0) is 43.5 Å². The molecule has 0 saturated heterocycles. The maximum absolute atomic E-state index is 12.4. The molecule has 1 aromatic carbocycles. The molecule has 3 N–H and O–H groups in total. The summed E-state index contributed by atoms with van der Waals surface area (Å²) in [5.74, 6) is 0.420. The van der Waals surface area contributed by atoms with Gasteiger partial charge in [-0.3, -0.25) is 9.36 Å². The van der Waals surface area contributed by atoms with E-state index in [1.807, 2.05) is 24.3 Å². The van der Waals surface area contributed by atoms with Gasteiger partial charge in [-0.1, -0.05) is 12.5 Å². The van der Waals surface area contributed by atoms with Crippen LogP contribution in [0.4, 0.5) is 5.69 Å². The summed E-state index contributed by atoms with van der Waals surface area (Å²) in [5, 5.41) is 10.6. The van der Waals surface area contributed by atoms with Crippen LogP contribution in [-0.2, 0) is 4.79 Å². The summed E-state index contributed by atoms with van der Waals surface area (Å²) in [5.41, 5.74) is 7.45. The smallest absolute Gasteiger partial charge is 0.227 e. The van der Waals surface area contributed by atoms with Crippen LogP contribution in [0.3, 0.4) is 0 Å². The molecule has 6 heteroatoms. The Hall–Kier alpha value is -2.21. The minimum atomic E-state index is 0.0357. The van der Waals surface area contributed by atoms with E-state index in [0.29, 0.717) is 12.5 Å². The van der Waals surface area contributed by atoms with Gasteiger partial charge >= 0.3 is 0 Å². The molecule has 1 aliphatic carbocycles. The zero-order valence-corrected chi connectivity index (χ0v) is 11.8. The van der Waals surface area contributed by atoms with Gasteiger partial charge in [-0.2, -0.15) is 0 Å². The molecule has 2 atom stereocenters. The first-order valence-corrected chi connectivity index (χ1v) is 7.24. The molecule has 1 heterocycles. The number of nitrogens with two attached hydrogens (primary N) is 1. The van der Waals surface area contributed by atoms with E-state index in [-0.39, 0.29) is 11.8 Å². The first-order valence-electron chi connectivity index (χ1n) is 7.24. The minimum absolute atomic E-state index is 0.0357. The van der Waals surface area contributed by atoms with E-state index < -0.39 is 0 Å². The van der Waals surface area contributed by atoms with Crippen molar-refractivity contribution in [3.63, 3.8) is 0 Å². The highest BCUT2D eigenvalue weighted by molar-refractivity contribution is 5.93. The van der Waals surface area contributed by atoms with E-state index in [4.69, 9.17) is 5.73 Å². The largest absolute Gasteiger partial charge is 0.330 e. The lowest BCUT2D eigenvalue weighted by Gasteiger charge is -2.17. The number of nitrogens with zero attached hydrogens (tertiary/aromatic N) is 3. The Labute approximate surface area is 123 Å². The van der Waals surface area contributed by atoms with Crippen LogP contribution in [0.25, 0.3) is 5.69 Å². The average molecular weight is 285 g/mol. The predicted octanol–water partition coefficient (Wildman–Crippen LogP) is 1.58. The van der Waals surface area contributed by atoms with E-state index >= 15 is 0 Å². The second-order valence-corrected chi connectivity index (χ2v) is 5.44. The number of carbonyl (C=O) groups is 1. The second kappa shape index (κ2) is 6.05. The highest BCUT2D eigenvalue weighted by atomic mass is 16.1. The van der Waals surface area contributed by atoms with Gasteiger partial charge < -0.3 is 11.1 Å². The number of hydrogen-bond donors (Lipinski definition) is 2. The molecule has 1 aliphatic rings. The number of amides is 1. The lowest BCUT2D eigenvalue weighted by molar-refractivity contribution is -0.120. The fourth-order valence-electron chi connectivity index (χ4n) is 2.98. The Bertz CT molecular complexity index is 610. The molecule has 110 valence electrons. The molecule has 0 bridgehead atoms. The van der Waals surface area contributed by atoms with Gasteiger partial charge in [-0.15, -0.1) is 10.2 Å². The molecular weight excluding hydrogens is 266 g/mol. The maximum Gasteiger partial charge on any atom is 0.227 e. The number of hydrogen-bond acceptors (Lipinski definition) is 4. The molecule has 0 radical (unpaired) electrons. The van der Waals surface area contributed by atoms with Crippen molar-refractivity contribution >= 4 is 11.6 Å². The van der Waals surface area contributed by atoms with Crippen LogP contribution in [0.2, 0.25) is 0 Å². The quantitative estimate of drug-likeness (QED) is 0.893. The summed E-state index contributed by atoms with van der Waals surface area (Å²) in [6.07, 6.45) is 6.32. The van der Waals surface area contributed by atoms with Gasteiger partial charge in [0.05, 0.1) is 5.69 Å². The first kappa shape index (κ1) is 13.8. The lowest BCUT2D eigenvalue weighted by atomic mass is 9.95. The number of nitrogens with one attached hydrogen (secondary N) is 1. The molecule has 2 unspecified atom stereocenters. The Kier molecular flexibility index (Phi) is 3.96. The Morgan fingerprint density at radius 2 is 2.14 bits per heavy atom. The fourth-order valence-corrected chi connectivity index (χ4v) is 2.98. The van der Waals surface area contributed by atoms with Crippen LogP contribution >= 0.6 is 0 Å². The normalized spacial score (nSPS) is 21.4. The molecule has 1 saturated carbocycles. The van der Waals surface area contributed by atoms with E-state index in [9.17, 15) is 4.79 Å². The van der Waals surface area contributed by atoms with E-state index in [1.54, 1.807) is 17.2 Å².